The minimum absolute atomic E-state index is 0.334. The summed E-state index contributed by atoms with van der Waals surface area (Å²) in [5.74, 6) is 0. The van der Waals surface area contributed by atoms with Crippen LogP contribution >= 0.6 is 0 Å². The Morgan fingerprint density at radius 2 is 1.45 bits per heavy atom. The van der Waals surface area contributed by atoms with E-state index in [1.165, 1.54) is 0 Å². The monoisotopic (exact) mass is 290 g/mol. The van der Waals surface area contributed by atoms with Crippen molar-refractivity contribution < 1.29 is 8.42 Å². The molecule has 4 nitrogen and oxygen atoms in total. The van der Waals surface area contributed by atoms with E-state index in [9.17, 15) is 8.42 Å². The third-order valence-electron chi connectivity index (χ3n) is 3.04. The summed E-state index contributed by atoms with van der Waals surface area (Å²) in [7, 11) is -1.77. The molecule has 2 rings (SSSR count). The molecular formula is C15H18N2O2S. The Bertz CT molecular complexity index is 687. The topological polar surface area (TPSA) is 58.2 Å². The van der Waals surface area contributed by atoms with Gasteiger partial charge in [0.1, 0.15) is 0 Å². The quantitative estimate of drug-likeness (QED) is 0.909. The third kappa shape index (κ3) is 2.93. The minimum Gasteiger partial charge on any atom is -0.388 e. The highest BCUT2D eigenvalue weighted by Crippen LogP contribution is 2.26. The first-order valence-corrected chi connectivity index (χ1v) is 7.79. The fraction of sp³-hybridized carbons (Fsp3) is 0.200. The highest BCUT2D eigenvalue weighted by Gasteiger charge is 2.20. The van der Waals surface area contributed by atoms with Crippen molar-refractivity contribution in [2.24, 2.45) is 0 Å². The van der Waals surface area contributed by atoms with Gasteiger partial charge in [-0.1, -0.05) is 18.2 Å². The van der Waals surface area contributed by atoms with Crippen molar-refractivity contribution in [2.45, 2.75) is 18.7 Å². The first-order chi connectivity index (χ1) is 9.44. The molecule has 2 N–H and O–H groups in total. The second-order valence-electron chi connectivity index (χ2n) is 4.66. The molecule has 0 radical (unpaired) electrons. The molecule has 0 saturated heterocycles. The molecule has 0 aromatic heterocycles. The molecule has 5 heteroatoms. The van der Waals surface area contributed by atoms with Crippen LogP contribution in [-0.2, 0) is 10.0 Å². The number of hydrogen-bond donors (Lipinski definition) is 2. The van der Waals surface area contributed by atoms with Gasteiger partial charge in [-0.15, -0.1) is 0 Å². The predicted molar refractivity (Wildman–Crippen MR) is 82.7 cm³/mol. The van der Waals surface area contributed by atoms with Gasteiger partial charge in [-0.3, -0.25) is 4.72 Å². The normalized spacial score (nSPS) is 11.2. The van der Waals surface area contributed by atoms with Gasteiger partial charge < -0.3 is 5.32 Å². The lowest BCUT2D eigenvalue weighted by Crippen LogP contribution is -2.16. The van der Waals surface area contributed by atoms with Crippen molar-refractivity contribution in [3.8, 4) is 0 Å². The van der Waals surface area contributed by atoms with Crippen LogP contribution in [0.3, 0.4) is 0 Å². The van der Waals surface area contributed by atoms with Crippen molar-refractivity contribution >= 4 is 21.4 Å². The van der Waals surface area contributed by atoms with E-state index in [0.717, 1.165) is 16.8 Å². The minimum atomic E-state index is -3.58. The Morgan fingerprint density at radius 1 is 0.900 bits per heavy atom. The molecule has 0 spiro atoms. The van der Waals surface area contributed by atoms with Crippen LogP contribution in [0.15, 0.2) is 47.4 Å². The van der Waals surface area contributed by atoms with Crippen LogP contribution in [0.5, 0.6) is 0 Å². The van der Waals surface area contributed by atoms with Gasteiger partial charge >= 0.3 is 0 Å². The average molecular weight is 290 g/mol. The van der Waals surface area contributed by atoms with E-state index in [0.29, 0.717) is 10.6 Å². The van der Waals surface area contributed by atoms with E-state index in [4.69, 9.17) is 0 Å². The standard InChI is InChI=1S/C15H18N2O2S/c1-11-9-14(16-3)10-12(2)15(11)20(18,19)17-13-7-5-4-6-8-13/h4-10,16-17H,1-3H3. The maximum Gasteiger partial charge on any atom is 0.262 e. The zero-order valence-corrected chi connectivity index (χ0v) is 12.6. The number of rotatable bonds is 4. The van der Waals surface area contributed by atoms with Gasteiger partial charge in [0.25, 0.3) is 10.0 Å². The van der Waals surface area contributed by atoms with Crippen molar-refractivity contribution in [1.29, 1.82) is 0 Å². The molecule has 106 valence electrons. The molecule has 0 saturated carbocycles. The molecule has 2 aromatic rings. The lowest BCUT2D eigenvalue weighted by molar-refractivity contribution is 0.600. The van der Waals surface area contributed by atoms with Crippen molar-refractivity contribution in [2.75, 3.05) is 17.1 Å². The highest BCUT2D eigenvalue weighted by atomic mass is 32.2. The van der Waals surface area contributed by atoms with Crippen LogP contribution in [0.4, 0.5) is 11.4 Å². The number of sulfonamides is 1. The number of hydrogen-bond acceptors (Lipinski definition) is 3. The number of anilines is 2. The van der Waals surface area contributed by atoms with E-state index in [1.807, 2.05) is 25.2 Å². The zero-order chi connectivity index (χ0) is 14.8. The van der Waals surface area contributed by atoms with Gasteiger partial charge in [0.2, 0.25) is 0 Å². The molecule has 20 heavy (non-hydrogen) atoms. The Balaban J connectivity index is 2.45. The molecule has 0 heterocycles. The van der Waals surface area contributed by atoms with Gasteiger partial charge in [0.05, 0.1) is 4.90 Å². The largest absolute Gasteiger partial charge is 0.388 e. The number of benzene rings is 2. The van der Waals surface area contributed by atoms with E-state index in [1.54, 1.807) is 38.1 Å². The van der Waals surface area contributed by atoms with E-state index in [2.05, 4.69) is 10.0 Å². The molecule has 0 aliphatic heterocycles. The zero-order valence-electron chi connectivity index (χ0n) is 11.8. The Morgan fingerprint density at radius 3 is 1.95 bits per heavy atom. The molecule has 0 fully saturated rings. The number of aryl methyl sites for hydroxylation is 2. The van der Waals surface area contributed by atoms with E-state index < -0.39 is 10.0 Å². The third-order valence-corrected chi connectivity index (χ3v) is 4.73. The summed E-state index contributed by atoms with van der Waals surface area (Å²) in [6.45, 7) is 3.60. The molecule has 0 aliphatic carbocycles. The fourth-order valence-electron chi connectivity index (χ4n) is 2.23. The van der Waals surface area contributed by atoms with Gasteiger partial charge in [-0.25, -0.2) is 8.42 Å². The van der Waals surface area contributed by atoms with Crippen LogP contribution in [0.2, 0.25) is 0 Å². The smallest absolute Gasteiger partial charge is 0.262 e. The maximum atomic E-state index is 12.5. The Hall–Kier alpha value is -2.01. The fourth-order valence-corrected chi connectivity index (χ4v) is 3.74. The van der Waals surface area contributed by atoms with Crippen LogP contribution in [0.1, 0.15) is 11.1 Å². The second kappa shape index (κ2) is 5.54. The molecule has 0 aliphatic rings. The van der Waals surface area contributed by atoms with Crippen molar-refractivity contribution in [3.63, 3.8) is 0 Å². The Kier molecular flexibility index (Phi) is 3.99. The van der Waals surface area contributed by atoms with Crippen LogP contribution in [0, 0.1) is 13.8 Å². The van der Waals surface area contributed by atoms with Gasteiger partial charge in [-0.2, -0.15) is 0 Å². The van der Waals surface area contributed by atoms with Gasteiger partial charge in [-0.05, 0) is 49.2 Å². The summed E-state index contributed by atoms with van der Waals surface area (Å²) in [6.07, 6.45) is 0. The molecule has 0 atom stereocenters. The van der Waals surface area contributed by atoms with Crippen molar-refractivity contribution in [3.05, 3.63) is 53.6 Å². The first-order valence-electron chi connectivity index (χ1n) is 6.31. The average Bonchev–Trinajstić information content (AvgIpc) is 2.37. The molecular weight excluding hydrogens is 272 g/mol. The molecule has 0 unspecified atom stereocenters. The predicted octanol–water partition coefficient (Wildman–Crippen LogP) is 3.15. The molecule has 0 bridgehead atoms. The van der Waals surface area contributed by atoms with Crippen LogP contribution in [0.25, 0.3) is 0 Å². The van der Waals surface area contributed by atoms with Crippen LogP contribution < -0.4 is 10.0 Å². The van der Waals surface area contributed by atoms with Gasteiger partial charge in [0, 0.05) is 18.4 Å². The lowest BCUT2D eigenvalue weighted by atomic mass is 10.1. The maximum absolute atomic E-state index is 12.5. The summed E-state index contributed by atoms with van der Waals surface area (Å²) >= 11 is 0. The summed E-state index contributed by atoms with van der Waals surface area (Å²) in [5, 5.41) is 3.02. The highest BCUT2D eigenvalue weighted by molar-refractivity contribution is 7.92. The van der Waals surface area contributed by atoms with Crippen molar-refractivity contribution in [1.82, 2.24) is 0 Å². The number of para-hydroxylation sites is 1. The second-order valence-corrected chi connectivity index (χ2v) is 6.28. The van der Waals surface area contributed by atoms with E-state index in [-0.39, 0.29) is 0 Å². The van der Waals surface area contributed by atoms with Crippen LogP contribution in [-0.4, -0.2) is 15.5 Å². The summed E-state index contributed by atoms with van der Waals surface area (Å²) in [6, 6.07) is 12.5. The Labute approximate surface area is 119 Å². The van der Waals surface area contributed by atoms with Gasteiger partial charge in [0.15, 0.2) is 0 Å². The summed E-state index contributed by atoms with van der Waals surface area (Å²) < 4.78 is 27.6. The van der Waals surface area contributed by atoms with E-state index >= 15 is 0 Å². The lowest BCUT2D eigenvalue weighted by Gasteiger charge is -2.14. The summed E-state index contributed by atoms with van der Waals surface area (Å²) in [5.41, 5.74) is 2.90. The number of nitrogens with one attached hydrogen (secondary N) is 2. The molecule has 2 aromatic carbocycles. The first kappa shape index (κ1) is 14.4. The summed E-state index contributed by atoms with van der Waals surface area (Å²) in [4.78, 5) is 0.334. The molecule has 0 amide bonds. The SMILES string of the molecule is CNc1cc(C)c(S(=O)(=O)Nc2ccccc2)c(C)c1.